The zero-order chi connectivity index (χ0) is 17.8. The van der Waals surface area contributed by atoms with Gasteiger partial charge in [0.05, 0.1) is 6.42 Å². The van der Waals surface area contributed by atoms with Crippen LogP contribution < -0.4 is 16.0 Å². The second-order valence-corrected chi connectivity index (χ2v) is 5.46. The Kier molecular flexibility index (Phi) is 5.66. The van der Waals surface area contributed by atoms with Gasteiger partial charge in [0.15, 0.2) is 6.10 Å². The first-order chi connectivity index (χ1) is 10.6. The first-order valence-electron chi connectivity index (χ1n) is 6.94. The highest BCUT2D eigenvalue weighted by Gasteiger charge is 2.44. The van der Waals surface area contributed by atoms with Crippen molar-refractivity contribution in [2.45, 2.75) is 38.8 Å². The molecule has 1 aliphatic rings. The number of amides is 6. The molecule has 0 saturated carbocycles. The Morgan fingerprint density at radius 2 is 1.91 bits per heavy atom. The Morgan fingerprint density at radius 1 is 1.30 bits per heavy atom. The molecule has 0 aromatic carbocycles. The molecule has 0 aromatic heterocycles. The number of imide groups is 2. The summed E-state index contributed by atoms with van der Waals surface area (Å²) < 4.78 is 4.84. The lowest BCUT2D eigenvalue weighted by Crippen LogP contribution is -2.43. The van der Waals surface area contributed by atoms with Gasteiger partial charge in [-0.05, 0) is 20.8 Å². The van der Waals surface area contributed by atoms with Crippen molar-refractivity contribution in [1.29, 1.82) is 0 Å². The highest BCUT2D eigenvalue weighted by Crippen LogP contribution is 2.16. The average molecular weight is 328 g/mol. The third kappa shape index (κ3) is 4.66. The standard InChI is InChI=1S/C13H20N4O6/c1-7(9(19)15-11(21)14-4)23-8(18)5-6-17-10(20)13(2,3)16-12(17)22/h7H,5-6H2,1-4H3,(H,16,22)(H2,14,15,19,21). The zero-order valence-electron chi connectivity index (χ0n) is 13.4. The number of esters is 1. The van der Waals surface area contributed by atoms with Crippen LogP contribution in [0.4, 0.5) is 9.59 Å². The van der Waals surface area contributed by atoms with Gasteiger partial charge in [-0.25, -0.2) is 9.59 Å². The fraction of sp³-hybridized carbons (Fsp3) is 0.615. The molecule has 3 N–H and O–H groups in total. The van der Waals surface area contributed by atoms with Crippen LogP contribution in [0.3, 0.4) is 0 Å². The third-order valence-corrected chi connectivity index (χ3v) is 3.13. The van der Waals surface area contributed by atoms with Gasteiger partial charge in [0.2, 0.25) is 0 Å². The molecule has 10 nitrogen and oxygen atoms in total. The Labute approximate surface area is 132 Å². The fourth-order valence-electron chi connectivity index (χ4n) is 1.81. The predicted molar refractivity (Wildman–Crippen MR) is 77.1 cm³/mol. The summed E-state index contributed by atoms with van der Waals surface area (Å²) in [7, 11) is 1.33. The summed E-state index contributed by atoms with van der Waals surface area (Å²) in [5, 5.41) is 6.63. The smallest absolute Gasteiger partial charge is 0.325 e. The van der Waals surface area contributed by atoms with Crippen LogP contribution in [-0.4, -0.2) is 60.0 Å². The molecule has 1 aliphatic heterocycles. The maximum atomic E-state index is 11.9. The van der Waals surface area contributed by atoms with Gasteiger partial charge in [-0.1, -0.05) is 0 Å². The second-order valence-electron chi connectivity index (χ2n) is 5.46. The fourth-order valence-corrected chi connectivity index (χ4v) is 1.81. The van der Waals surface area contributed by atoms with E-state index in [9.17, 15) is 24.0 Å². The number of carbonyl (C=O) groups excluding carboxylic acids is 5. The molecule has 128 valence electrons. The monoisotopic (exact) mass is 328 g/mol. The maximum Gasteiger partial charge on any atom is 0.325 e. The van der Waals surface area contributed by atoms with Crippen molar-refractivity contribution in [1.82, 2.24) is 20.9 Å². The lowest BCUT2D eigenvalue weighted by Gasteiger charge is -2.16. The van der Waals surface area contributed by atoms with Crippen molar-refractivity contribution in [2.24, 2.45) is 0 Å². The summed E-state index contributed by atoms with van der Waals surface area (Å²) >= 11 is 0. The van der Waals surface area contributed by atoms with Gasteiger partial charge in [-0.3, -0.25) is 24.6 Å². The number of nitrogens with one attached hydrogen (secondary N) is 3. The van der Waals surface area contributed by atoms with E-state index in [1.807, 2.05) is 5.32 Å². The Hall–Kier alpha value is -2.65. The van der Waals surface area contributed by atoms with Crippen LogP contribution in [0, 0.1) is 0 Å². The molecule has 6 amide bonds. The summed E-state index contributed by atoms with van der Waals surface area (Å²) in [5.41, 5.74) is -1.01. The number of ether oxygens (including phenoxy) is 1. The molecule has 1 fully saturated rings. The number of carbonyl (C=O) groups is 5. The van der Waals surface area contributed by atoms with Gasteiger partial charge in [0.1, 0.15) is 5.54 Å². The average Bonchev–Trinajstić information content (AvgIpc) is 2.65. The molecule has 1 saturated heterocycles. The van der Waals surface area contributed by atoms with E-state index in [1.54, 1.807) is 13.8 Å². The Morgan fingerprint density at radius 3 is 2.39 bits per heavy atom. The van der Waals surface area contributed by atoms with Crippen molar-refractivity contribution in [3.8, 4) is 0 Å². The normalized spacial score (nSPS) is 17.3. The van der Waals surface area contributed by atoms with Crippen LogP contribution in [0.15, 0.2) is 0 Å². The first kappa shape index (κ1) is 18.4. The van der Waals surface area contributed by atoms with Crippen molar-refractivity contribution >= 4 is 29.8 Å². The molecule has 1 atom stereocenters. The Bertz CT molecular complexity index is 545. The molecular weight excluding hydrogens is 308 g/mol. The molecule has 1 heterocycles. The molecule has 1 rings (SSSR count). The number of hydrogen-bond donors (Lipinski definition) is 3. The number of urea groups is 2. The van der Waals surface area contributed by atoms with E-state index in [4.69, 9.17) is 4.74 Å². The van der Waals surface area contributed by atoms with Crippen LogP contribution in [0.2, 0.25) is 0 Å². The number of rotatable bonds is 5. The Balaban J connectivity index is 2.46. The topological polar surface area (TPSA) is 134 Å². The zero-order valence-corrected chi connectivity index (χ0v) is 13.4. The SMILES string of the molecule is CNC(=O)NC(=O)C(C)OC(=O)CCN1C(=O)NC(C)(C)C1=O. The van der Waals surface area contributed by atoms with Crippen molar-refractivity contribution in [2.75, 3.05) is 13.6 Å². The highest BCUT2D eigenvalue weighted by atomic mass is 16.5. The quantitative estimate of drug-likeness (QED) is 0.442. The minimum Gasteiger partial charge on any atom is -0.452 e. The minimum atomic E-state index is -1.18. The molecule has 0 bridgehead atoms. The summed E-state index contributed by atoms with van der Waals surface area (Å²) in [5.74, 6) is -2.00. The molecule has 0 radical (unpaired) electrons. The molecule has 0 aromatic rings. The first-order valence-corrected chi connectivity index (χ1v) is 6.94. The van der Waals surface area contributed by atoms with Gasteiger partial charge in [-0.2, -0.15) is 0 Å². The van der Waals surface area contributed by atoms with E-state index in [1.165, 1.54) is 14.0 Å². The van der Waals surface area contributed by atoms with Gasteiger partial charge in [0, 0.05) is 13.6 Å². The van der Waals surface area contributed by atoms with Gasteiger partial charge < -0.3 is 15.4 Å². The van der Waals surface area contributed by atoms with E-state index in [0.717, 1.165) is 4.90 Å². The second kappa shape index (κ2) is 7.07. The van der Waals surface area contributed by atoms with Crippen LogP contribution in [0.25, 0.3) is 0 Å². The third-order valence-electron chi connectivity index (χ3n) is 3.13. The molecule has 0 aliphatic carbocycles. The summed E-state index contributed by atoms with van der Waals surface area (Å²) in [4.78, 5) is 58.6. The molecule has 10 heteroatoms. The van der Waals surface area contributed by atoms with Crippen molar-refractivity contribution in [3.05, 3.63) is 0 Å². The summed E-state index contributed by atoms with van der Waals surface area (Å²) in [6.45, 7) is 4.25. The van der Waals surface area contributed by atoms with Gasteiger partial charge >= 0.3 is 18.0 Å². The van der Waals surface area contributed by atoms with Crippen molar-refractivity contribution in [3.63, 3.8) is 0 Å². The van der Waals surface area contributed by atoms with Crippen molar-refractivity contribution < 1.29 is 28.7 Å². The van der Waals surface area contributed by atoms with Gasteiger partial charge in [-0.15, -0.1) is 0 Å². The number of hydrogen-bond acceptors (Lipinski definition) is 6. The van der Waals surface area contributed by atoms with Gasteiger partial charge in [0.25, 0.3) is 11.8 Å². The lowest BCUT2D eigenvalue weighted by atomic mass is 10.1. The van der Waals surface area contributed by atoms with E-state index < -0.39 is 41.5 Å². The maximum absolute atomic E-state index is 11.9. The van der Waals surface area contributed by atoms with E-state index in [2.05, 4.69) is 10.6 Å². The number of nitrogens with zero attached hydrogens (tertiary/aromatic N) is 1. The van der Waals surface area contributed by atoms with E-state index in [-0.39, 0.29) is 13.0 Å². The highest BCUT2D eigenvalue weighted by molar-refractivity contribution is 6.06. The van der Waals surface area contributed by atoms with Crippen LogP contribution >= 0.6 is 0 Å². The lowest BCUT2D eigenvalue weighted by molar-refractivity contribution is -0.154. The van der Waals surface area contributed by atoms with E-state index in [0.29, 0.717) is 0 Å². The van der Waals surface area contributed by atoms with Crippen LogP contribution in [0.5, 0.6) is 0 Å². The molecule has 23 heavy (non-hydrogen) atoms. The molecular formula is C13H20N4O6. The van der Waals surface area contributed by atoms with Crippen LogP contribution in [0.1, 0.15) is 27.2 Å². The summed E-state index contributed by atoms with van der Waals surface area (Å²) in [6.07, 6.45) is -1.44. The summed E-state index contributed by atoms with van der Waals surface area (Å²) in [6, 6.07) is -1.31. The molecule has 0 spiro atoms. The van der Waals surface area contributed by atoms with E-state index >= 15 is 0 Å². The largest absolute Gasteiger partial charge is 0.452 e. The van der Waals surface area contributed by atoms with Crippen LogP contribution in [-0.2, 0) is 19.1 Å². The molecule has 1 unspecified atom stereocenters. The predicted octanol–water partition coefficient (Wildman–Crippen LogP) is -0.906. The minimum absolute atomic E-state index is 0.156.